The van der Waals surface area contributed by atoms with E-state index in [1.54, 1.807) is 7.11 Å². The molecule has 0 spiro atoms. The van der Waals surface area contributed by atoms with Crippen LogP contribution in [-0.2, 0) is 4.74 Å². The van der Waals surface area contributed by atoms with Crippen molar-refractivity contribution in [1.29, 1.82) is 0 Å². The standard InChI is InChI=1S/C19H40N4O/c1-7-11-23-12-9-16(10-13-23)14-21-18(20-8-2)22-15-17(24-6)19(3,4)5/h16-17H,7-15H2,1-6H3,(H2,20,21,22). The van der Waals surface area contributed by atoms with Gasteiger partial charge in [0.2, 0.25) is 0 Å². The van der Waals surface area contributed by atoms with Crippen LogP contribution in [0.15, 0.2) is 4.99 Å². The van der Waals surface area contributed by atoms with Gasteiger partial charge in [-0.3, -0.25) is 4.99 Å². The minimum Gasteiger partial charge on any atom is -0.379 e. The van der Waals surface area contributed by atoms with Crippen molar-refractivity contribution in [3.05, 3.63) is 0 Å². The summed E-state index contributed by atoms with van der Waals surface area (Å²) >= 11 is 0. The van der Waals surface area contributed by atoms with E-state index >= 15 is 0 Å². The van der Waals surface area contributed by atoms with Crippen molar-refractivity contribution >= 4 is 5.96 Å². The lowest BCUT2D eigenvalue weighted by atomic mass is 9.89. The quantitative estimate of drug-likeness (QED) is 0.527. The second-order valence-corrected chi connectivity index (χ2v) is 7.98. The van der Waals surface area contributed by atoms with Gasteiger partial charge in [-0.15, -0.1) is 0 Å². The molecule has 1 rings (SSSR count). The van der Waals surface area contributed by atoms with Gasteiger partial charge in [0.05, 0.1) is 12.6 Å². The van der Waals surface area contributed by atoms with E-state index in [0.29, 0.717) is 6.54 Å². The highest BCUT2D eigenvalue weighted by Gasteiger charge is 2.24. The molecule has 0 aliphatic carbocycles. The molecule has 0 aromatic carbocycles. The van der Waals surface area contributed by atoms with Crippen LogP contribution in [0.1, 0.15) is 53.9 Å². The fraction of sp³-hybridized carbons (Fsp3) is 0.947. The minimum absolute atomic E-state index is 0.0989. The maximum absolute atomic E-state index is 5.60. The van der Waals surface area contributed by atoms with Gasteiger partial charge in [0, 0.05) is 20.2 Å². The molecule has 1 aliphatic rings. The lowest BCUT2D eigenvalue weighted by molar-refractivity contribution is 0.0241. The van der Waals surface area contributed by atoms with E-state index in [1.165, 1.54) is 38.9 Å². The topological polar surface area (TPSA) is 48.9 Å². The summed E-state index contributed by atoms with van der Waals surface area (Å²) in [5, 5.41) is 6.89. The number of guanidine groups is 1. The number of methoxy groups -OCH3 is 1. The second-order valence-electron chi connectivity index (χ2n) is 7.98. The summed E-state index contributed by atoms with van der Waals surface area (Å²) < 4.78 is 5.60. The van der Waals surface area contributed by atoms with Crippen molar-refractivity contribution in [2.75, 3.05) is 46.4 Å². The molecule has 1 aliphatic heterocycles. The summed E-state index contributed by atoms with van der Waals surface area (Å²) in [5.74, 6) is 1.67. The van der Waals surface area contributed by atoms with Gasteiger partial charge in [-0.05, 0) is 57.2 Å². The summed E-state index contributed by atoms with van der Waals surface area (Å²) in [7, 11) is 1.77. The molecule has 5 nitrogen and oxygen atoms in total. The Kier molecular flexibility index (Phi) is 9.67. The molecule has 24 heavy (non-hydrogen) atoms. The van der Waals surface area contributed by atoms with E-state index < -0.39 is 0 Å². The van der Waals surface area contributed by atoms with Crippen LogP contribution >= 0.6 is 0 Å². The van der Waals surface area contributed by atoms with E-state index in [-0.39, 0.29) is 11.5 Å². The number of rotatable bonds is 8. The molecule has 2 N–H and O–H groups in total. The molecule has 0 aromatic rings. The van der Waals surface area contributed by atoms with Crippen molar-refractivity contribution in [2.45, 2.75) is 60.0 Å². The summed E-state index contributed by atoms with van der Waals surface area (Å²) in [6, 6.07) is 0. The van der Waals surface area contributed by atoms with Gasteiger partial charge in [0.15, 0.2) is 5.96 Å². The van der Waals surface area contributed by atoms with E-state index in [2.05, 4.69) is 50.2 Å². The van der Waals surface area contributed by atoms with Gasteiger partial charge >= 0.3 is 0 Å². The number of likely N-dealkylation sites (tertiary alicyclic amines) is 1. The third-order valence-corrected chi connectivity index (χ3v) is 4.82. The Morgan fingerprint density at radius 1 is 1.21 bits per heavy atom. The van der Waals surface area contributed by atoms with Crippen LogP contribution in [0.2, 0.25) is 0 Å². The smallest absolute Gasteiger partial charge is 0.191 e. The first-order valence-electron chi connectivity index (χ1n) is 9.68. The predicted molar refractivity (Wildman–Crippen MR) is 104 cm³/mol. The average molecular weight is 341 g/mol. The highest BCUT2D eigenvalue weighted by atomic mass is 16.5. The van der Waals surface area contributed by atoms with Crippen LogP contribution in [-0.4, -0.2) is 63.3 Å². The van der Waals surface area contributed by atoms with Gasteiger partial charge in [-0.25, -0.2) is 0 Å². The Bertz CT molecular complexity index is 357. The first-order chi connectivity index (χ1) is 11.4. The molecule has 1 fully saturated rings. The highest BCUT2D eigenvalue weighted by molar-refractivity contribution is 5.79. The zero-order chi connectivity index (χ0) is 18.0. The SMILES string of the molecule is CCCN1CCC(CNC(=NCC(OC)C(C)(C)C)NCC)CC1. The number of aliphatic imine (C=N–C) groups is 1. The lowest BCUT2D eigenvalue weighted by Crippen LogP contribution is -2.43. The molecular weight excluding hydrogens is 300 g/mol. The molecule has 0 saturated carbocycles. The average Bonchev–Trinajstić information content (AvgIpc) is 2.53. The van der Waals surface area contributed by atoms with Crippen molar-refractivity contribution < 1.29 is 4.74 Å². The van der Waals surface area contributed by atoms with Crippen molar-refractivity contribution in [3.8, 4) is 0 Å². The first-order valence-corrected chi connectivity index (χ1v) is 9.68. The Hall–Kier alpha value is -0.810. The number of nitrogens with zero attached hydrogens (tertiary/aromatic N) is 2. The molecule has 142 valence electrons. The molecule has 5 heteroatoms. The van der Waals surface area contributed by atoms with Crippen LogP contribution in [0.4, 0.5) is 0 Å². The fourth-order valence-corrected chi connectivity index (χ4v) is 3.19. The molecule has 1 heterocycles. The third-order valence-electron chi connectivity index (χ3n) is 4.82. The molecule has 0 bridgehead atoms. The van der Waals surface area contributed by atoms with Crippen LogP contribution < -0.4 is 10.6 Å². The molecule has 0 amide bonds. The highest BCUT2D eigenvalue weighted by Crippen LogP contribution is 2.22. The zero-order valence-corrected chi connectivity index (χ0v) is 16.8. The minimum atomic E-state index is 0.0989. The van der Waals surface area contributed by atoms with E-state index in [4.69, 9.17) is 9.73 Å². The molecule has 1 atom stereocenters. The van der Waals surface area contributed by atoms with Gasteiger partial charge < -0.3 is 20.3 Å². The first kappa shape index (κ1) is 21.2. The van der Waals surface area contributed by atoms with Crippen molar-refractivity contribution in [2.24, 2.45) is 16.3 Å². The molecule has 1 saturated heterocycles. The monoisotopic (exact) mass is 340 g/mol. The van der Waals surface area contributed by atoms with Crippen LogP contribution in [0, 0.1) is 11.3 Å². The Labute approximate surface area is 149 Å². The summed E-state index contributed by atoms with van der Waals surface area (Å²) in [6.07, 6.45) is 3.96. The van der Waals surface area contributed by atoms with E-state index in [1.807, 2.05) is 0 Å². The second kappa shape index (κ2) is 10.9. The number of nitrogens with one attached hydrogen (secondary N) is 2. The molecule has 1 unspecified atom stereocenters. The Morgan fingerprint density at radius 2 is 1.88 bits per heavy atom. The Balaban J connectivity index is 2.44. The number of hydrogen-bond acceptors (Lipinski definition) is 3. The van der Waals surface area contributed by atoms with Crippen LogP contribution in [0.5, 0.6) is 0 Å². The van der Waals surface area contributed by atoms with Crippen molar-refractivity contribution in [3.63, 3.8) is 0 Å². The van der Waals surface area contributed by atoms with Crippen molar-refractivity contribution in [1.82, 2.24) is 15.5 Å². The predicted octanol–water partition coefficient (Wildman–Crippen LogP) is 2.72. The summed E-state index contributed by atoms with van der Waals surface area (Å²) in [6.45, 7) is 17.3. The number of hydrogen-bond donors (Lipinski definition) is 2. The zero-order valence-electron chi connectivity index (χ0n) is 16.8. The van der Waals surface area contributed by atoms with Crippen LogP contribution in [0.3, 0.4) is 0 Å². The van der Waals surface area contributed by atoms with Gasteiger partial charge in [0.25, 0.3) is 0 Å². The third kappa shape index (κ3) is 7.84. The number of piperidine rings is 1. The molecular formula is C19H40N4O. The largest absolute Gasteiger partial charge is 0.379 e. The lowest BCUT2D eigenvalue weighted by Gasteiger charge is -2.32. The van der Waals surface area contributed by atoms with Gasteiger partial charge in [-0.1, -0.05) is 27.7 Å². The summed E-state index contributed by atoms with van der Waals surface area (Å²) in [5.41, 5.74) is 0.0989. The fourth-order valence-electron chi connectivity index (χ4n) is 3.19. The summed E-state index contributed by atoms with van der Waals surface area (Å²) in [4.78, 5) is 7.32. The van der Waals surface area contributed by atoms with E-state index in [9.17, 15) is 0 Å². The maximum Gasteiger partial charge on any atom is 0.191 e. The Morgan fingerprint density at radius 3 is 2.38 bits per heavy atom. The number of ether oxygens (including phenoxy) is 1. The molecule has 0 aromatic heterocycles. The van der Waals surface area contributed by atoms with Gasteiger partial charge in [0.1, 0.15) is 0 Å². The van der Waals surface area contributed by atoms with Crippen LogP contribution in [0.25, 0.3) is 0 Å². The molecule has 0 radical (unpaired) electrons. The maximum atomic E-state index is 5.60. The normalized spacial score (nSPS) is 19.3. The van der Waals surface area contributed by atoms with E-state index in [0.717, 1.165) is 25.0 Å². The van der Waals surface area contributed by atoms with Gasteiger partial charge in [-0.2, -0.15) is 0 Å².